The molecular weight excluding hydrogens is 287 g/mol. The van der Waals surface area contributed by atoms with Gasteiger partial charge in [0.05, 0.1) is 12.8 Å². The van der Waals surface area contributed by atoms with Crippen molar-refractivity contribution < 1.29 is 18.7 Å². The van der Waals surface area contributed by atoms with Gasteiger partial charge in [0.15, 0.2) is 0 Å². The number of carbonyl (C=O) groups excluding carboxylic acids is 2. The van der Waals surface area contributed by atoms with Crippen molar-refractivity contribution in [3.8, 4) is 0 Å². The molecule has 0 heterocycles. The molecule has 2 amide bonds. The Balaban J connectivity index is 1.68. The molecule has 3 unspecified atom stereocenters. The van der Waals surface area contributed by atoms with E-state index in [0.29, 0.717) is 17.5 Å². The average Bonchev–Trinajstić information content (AvgIpc) is 3.13. The molecular formula is C16H19FN2O3. The Morgan fingerprint density at radius 2 is 2.05 bits per heavy atom. The number of halogens is 1. The lowest BCUT2D eigenvalue weighted by atomic mass is 9.88. The number of carbonyl (C=O) groups is 2. The summed E-state index contributed by atoms with van der Waals surface area (Å²) in [6.45, 7) is 0. The van der Waals surface area contributed by atoms with Crippen LogP contribution in [0.15, 0.2) is 18.2 Å². The molecule has 0 aromatic heterocycles. The van der Waals surface area contributed by atoms with Gasteiger partial charge < -0.3 is 10.1 Å². The lowest BCUT2D eigenvalue weighted by Crippen LogP contribution is -2.27. The Morgan fingerprint density at radius 1 is 1.23 bits per heavy atom. The zero-order valence-corrected chi connectivity index (χ0v) is 12.4. The number of amides is 2. The number of fused-ring (bicyclic) bond motifs is 2. The smallest absolute Gasteiger partial charge is 0.411 e. The quantitative estimate of drug-likeness (QED) is 0.899. The molecule has 118 valence electrons. The maximum absolute atomic E-state index is 13.6. The highest BCUT2D eigenvalue weighted by Crippen LogP contribution is 2.48. The molecule has 2 bridgehead atoms. The molecule has 0 radical (unpaired) electrons. The van der Waals surface area contributed by atoms with Crippen LogP contribution in [0.25, 0.3) is 0 Å². The van der Waals surface area contributed by atoms with Crippen LogP contribution in [0.1, 0.15) is 25.7 Å². The van der Waals surface area contributed by atoms with Crippen molar-refractivity contribution in [3.63, 3.8) is 0 Å². The number of rotatable bonds is 3. The molecule has 0 aliphatic heterocycles. The Morgan fingerprint density at radius 3 is 2.68 bits per heavy atom. The van der Waals surface area contributed by atoms with Gasteiger partial charge in [-0.1, -0.05) is 6.42 Å². The Bertz CT molecular complexity index is 605. The monoisotopic (exact) mass is 306 g/mol. The third-order valence-electron chi connectivity index (χ3n) is 4.73. The van der Waals surface area contributed by atoms with Crippen molar-refractivity contribution >= 4 is 23.4 Å². The molecule has 6 heteroatoms. The second-order valence-electron chi connectivity index (χ2n) is 6.08. The summed E-state index contributed by atoms with van der Waals surface area (Å²) in [4.78, 5) is 23.5. The van der Waals surface area contributed by atoms with Gasteiger partial charge in [-0.25, -0.2) is 9.18 Å². The maximum atomic E-state index is 13.6. The minimum Gasteiger partial charge on any atom is -0.453 e. The molecule has 2 saturated carbocycles. The van der Waals surface area contributed by atoms with Crippen LogP contribution in [0.2, 0.25) is 0 Å². The molecule has 3 rings (SSSR count). The van der Waals surface area contributed by atoms with Gasteiger partial charge in [-0.15, -0.1) is 0 Å². The summed E-state index contributed by atoms with van der Waals surface area (Å²) in [5, 5.41) is 5.11. The fraction of sp³-hybridized carbons (Fsp3) is 0.500. The van der Waals surface area contributed by atoms with Gasteiger partial charge >= 0.3 is 6.09 Å². The van der Waals surface area contributed by atoms with Crippen molar-refractivity contribution in [2.45, 2.75) is 25.7 Å². The predicted octanol–water partition coefficient (Wildman–Crippen LogP) is 3.38. The number of ether oxygens (including phenoxy) is 1. The summed E-state index contributed by atoms with van der Waals surface area (Å²) in [6.07, 6.45) is 3.71. The van der Waals surface area contributed by atoms with Gasteiger partial charge in [0.2, 0.25) is 5.91 Å². The van der Waals surface area contributed by atoms with Crippen molar-refractivity contribution in [2.75, 3.05) is 17.7 Å². The number of benzene rings is 1. The molecule has 22 heavy (non-hydrogen) atoms. The highest BCUT2D eigenvalue weighted by atomic mass is 19.1. The molecule has 5 nitrogen and oxygen atoms in total. The molecule has 1 aromatic rings. The first kappa shape index (κ1) is 14.8. The largest absolute Gasteiger partial charge is 0.453 e. The van der Waals surface area contributed by atoms with E-state index in [9.17, 15) is 14.0 Å². The number of methoxy groups -OCH3 is 1. The Kier molecular flexibility index (Phi) is 4.00. The van der Waals surface area contributed by atoms with Gasteiger partial charge in [-0.2, -0.15) is 0 Å². The van der Waals surface area contributed by atoms with E-state index in [1.807, 2.05) is 0 Å². The van der Waals surface area contributed by atoms with E-state index in [1.165, 1.54) is 31.7 Å². The van der Waals surface area contributed by atoms with E-state index >= 15 is 0 Å². The Hall–Kier alpha value is -2.11. The Labute approximate surface area is 128 Å². The van der Waals surface area contributed by atoms with Crippen LogP contribution in [-0.2, 0) is 9.53 Å². The lowest BCUT2D eigenvalue weighted by molar-refractivity contribution is -0.121. The zero-order valence-electron chi connectivity index (χ0n) is 12.4. The first-order valence-electron chi connectivity index (χ1n) is 7.52. The van der Waals surface area contributed by atoms with E-state index in [1.54, 1.807) is 0 Å². The van der Waals surface area contributed by atoms with Gasteiger partial charge in [0, 0.05) is 11.6 Å². The first-order valence-corrected chi connectivity index (χ1v) is 7.52. The summed E-state index contributed by atoms with van der Waals surface area (Å²) in [5.74, 6) is 0.635. The second kappa shape index (κ2) is 5.94. The van der Waals surface area contributed by atoms with E-state index in [0.717, 1.165) is 19.3 Å². The van der Waals surface area contributed by atoms with E-state index in [2.05, 4.69) is 15.4 Å². The van der Waals surface area contributed by atoms with Crippen LogP contribution >= 0.6 is 0 Å². The minimum atomic E-state index is -0.754. The van der Waals surface area contributed by atoms with Crippen LogP contribution in [-0.4, -0.2) is 19.1 Å². The summed E-state index contributed by atoms with van der Waals surface area (Å²) in [5.41, 5.74) is 0.457. The fourth-order valence-electron chi connectivity index (χ4n) is 3.66. The van der Waals surface area contributed by atoms with Crippen molar-refractivity contribution in [1.29, 1.82) is 0 Å². The van der Waals surface area contributed by atoms with E-state index < -0.39 is 11.9 Å². The highest BCUT2D eigenvalue weighted by molar-refractivity contribution is 5.94. The van der Waals surface area contributed by atoms with Crippen LogP contribution in [0.4, 0.5) is 20.6 Å². The molecule has 0 saturated heterocycles. The van der Waals surface area contributed by atoms with Crippen molar-refractivity contribution in [3.05, 3.63) is 24.0 Å². The highest BCUT2D eigenvalue weighted by Gasteiger charge is 2.43. The van der Waals surface area contributed by atoms with Crippen molar-refractivity contribution in [1.82, 2.24) is 0 Å². The third kappa shape index (κ3) is 2.91. The second-order valence-corrected chi connectivity index (χ2v) is 6.08. The van der Waals surface area contributed by atoms with Gasteiger partial charge in [0.25, 0.3) is 0 Å². The molecule has 3 atom stereocenters. The van der Waals surface area contributed by atoms with Crippen LogP contribution in [0, 0.1) is 23.6 Å². The third-order valence-corrected chi connectivity index (χ3v) is 4.73. The van der Waals surface area contributed by atoms with E-state index in [-0.39, 0.29) is 17.5 Å². The molecule has 2 aliphatic rings. The SMILES string of the molecule is COC(=O)Nc1cc(NC(=O)C2CC3CCC2C3)ccc1F. The number of hydrogen-bond donors (Lipinski definition) is 2. The zero-order chi connectivity index (χ0) is 15.7. The molecule has 2 aliphatic carbocycles. The first-order chi connectivity index (χ1) is 10.6. The summed E-state index contributed by atoms with van der Waals surface area (Å²) in [7, 11) is 1.20. The molecule has 2 N–H and O–H groups in total. The van der Waals surface area contributed by atoms with Gasteiger partial charge in [0.1, 0.15) is 5.82 Å². The summed E-state index contributed by atoms with van der Waals surface area (Å²) < 4.78 is 18.1. The van der Waals surface area contributed by atoms with Crippen LogP contribution < -0.4 is 10.6 Å². The molecule has 2 fully saturated rings. The average molecular weight is 306 g/mol. The number of anilines is 2. The maximum Gasteiger partial charge on any atom is 0.411 e. The topological polar surface area (TPSA) is 67.4 Å². The van der Waals surface area contributed by atoms with E-state index in [4.69, 9.17) is 0 Å². The number of nitrogens with one attached hydrogen (secondary N) is 2. The minimum absolute atomic E-state index is 0.0113. The van der Waals surface area contributed by atoms with Gasteiger partial charge in [-0.3, -0.25) is 10.1 Å². The molecule has 0 spiro atoms. The van der Waals surface area contributed by atoms with Crippen LogP contribution in [0.3, 0.4) is 0 Å². The standard InChI is InChI=1S/C16H19FN2O3/c1-22-16(21)19-14-8-11(4-5-13(14)17)18-15(20)12-7-9-2-3-10(12)6-9/h4-5,8-10,12H,2-3,6-7H2,1H3,(H,18,20)(H,19,21). The normalized spacial score (nSPS) is 25.8. The van der Waals surface area contributed by atoms with Gasteiger partial charge in [-0.05, 0) is 49.3 Å². The summed E-state index contributed by atoms with van der Waals surface area (Å²) in [6, 6.07) is 4.10. The summed E-state index contributed by atoms with van der Waals surface area (Å²) >= 11 is 0. The number of hydrogen-bond acceptors (Lipinski definition) is 3. The van der Waals surface area contributed by atoms with Crippen molar-refractivity contribution in [2.24, 2.45) is 17.8 Å². The predicted molar refractivity (Wildman–Crippen MR) is 80.0 cm³/mol. The fourth-order valence-corrected chi connectivity index (χ4v) is 3.66. The van der Waals surface area contributed by atoms with Crippen LogP contribution in [0.5, 0.6) is 0 Å². The molecule has 1 aromatic carbocycles. The lowest BCUT2D eigenvalue weighted by Gasteiger charge is -2.21.